The van der Waals surface area contributed by atoms with Crippen LogP contribution in [0.1, 0.15) is 33.1 Å². The molecule has 0 aliphatic carbocycles. The lowest BCUT2D eigenvalue weighted by atomic mass is 9.96. The van der Waals surface area contributed by atoms with Gasteiger partial charge in [0, 0.05) is 21.2 Å². The van der Waals surface area contributed by atoms with Crippen molar-refractivity contribution in [3.05, 3.63) is 28.7 Å². The number of halogens is 1. The van der Waals surface area contributed by atoms with E-state index in [9.17, 15) is 0 Å². The SMILES string of the molecule is CCC(CC)CC(CSc1ccc(Br)cc1)NN. The molecule has 0 heterocycles. The number of hydrogen-bond acceptors (Lipinski definition) is 3. The predicted molar refractivity (Wildman–Crippen MR) is 84.7 cm³/mol. The first kappa shape index (κ1) is 16.0. The van der Waals surface area contributed by atoms with Crippen molar-refractivity contribution in [3.63, 3.8) is 0 Å². The number of nitrogens with one attached hydrogen (secondary N) is 1. The molecule has 1 atom stereocenters. The normalized spacial score (nSPS) is 12.9. The molecule has 0 spiro atoms. The molecule has 0 saturated heterocycles. The van der Waals surface area contributed by atoms with E-state index in [4.69, 9.17) is 5.84 Å². The van der Waals surface area contributed by atoms with Crippen molar-refractivity contribution < 1.29 is 0 Å². The summed E-state index contributed by atoms with van der Waals surface area (Å²) in [5.74, 6) is 7.44. The van der Waals surface area contributed by atoms with E-state index < -0.39 is 0 Å². The van der Waals surface area contributed by atoms with Crippen molar-refractivity contribution >= 4 is 27.7 Å². The summed E-state index contributed by atoms with van der Waals surface area (Å²) in [6.45, 7) is 4.51. The van der Waals surface area contributed by atoms with Crippen molar-refractivity contribution in [2.45, 2.75) is 44.0 Å². The first-order valence-corrected chi connectivity index (χ1v) is 8.31. The lowest BCUT2D eigenvalue weighted by molar-refractivity contribution is 0.387. The van der Waals surface area contributed by atoms with Gasteiger partial charge in [0.15, 0.2) is 0 Å². The van der Waals surface area contributed by atoms with Gasteiger partial charge in [0.05, 0.1) is 0 Å². The molecule has 102 valence electrons. The number of rotatable bonds is 8. The topological polar surface area (TPSA) is 38.0 Å². The molecule has 0 aromatic heterocycles. The van der Waals surface area contributed by atoms with E-state index in [2.05, 4.69) is 59.5 Å². The molecule has 0 saturated carbocycles. The quantitative estimate of drug-likeness (QED) is 0.426. The van der Waals surface area contributed by atoms with E-state index in [0.29, 0.717) is 6.04 Å². The molecule has 1 aromatic rings. The Morgan fingerprint density at radius 3 is 2.33 bits per heavy atom. The van der Waals surface area contributed by atoms with E-state index >= 15 is 0 Å². The van der Waals surface area contributed by atoms with Gasteiger partial charge in [-0.3, -0.25) is 11.3 Å². The van der Waals surface area contributed by atoms with E-state index in [1.807, 2.05) is 11.8 Å². The van der Waals surface area contributed by atoms with Gasteiger partial charge in [-0.15, -0.1) is 11.8 Å². The van der Waals surface area contributed by atoms with Gasteiger partial charge >= 0.3 is 0 Å². The Bertz CT molecular complexity index is 325. The van der Waals surface area contributed by atoms with Crippen molar-refractivity contribution in [1.29, 1.82) is 0 Å². The second-order valence-electron chi connectivity index (χ2n) is 4.55. The summed E-state index contributed by atoms with van der Waals surface area (Å²) in [5.41, 5.74) is 2.95. The van der Waals surface area contributed by atoms with Gasteiger partial charge in [-0.2, -0.15) is 0 Å². The third kappa shape index (κ3) is 5.74. The Labute approximate surface area is 123 Å². The molecule has 1 unspecified atom stereocenters. The Kier molecular flexibility index (Phi) is 7.98. The highest BCUT2D eigenvalue weighted by Crippen LogP contribution is 2.23. The first-order chi connectivity index (χ1) is 8.69. The second kappa shape index (κ2) is 8.97. The van der Waals surface area contributed by atoms with Gasteiger partial charge in [0.2, 0.25) is 0 Å². The minimum atomic E-state index is 0.392. The molecular formula is C14H23BrN2S. The fourth-order valence-corrected chi connectivity index (χ4v) is 3.16. The molecule has 0 radical (unpaired) electrons. The number of hydrogen-bond donors (Lipinski definition) is 2. The summed E-state index contributed by atoms with van der Waals surface area (Å²) < 4.78 is 1.12. The van der Waals surface area contributed by atoms with Crippen LogP contribution in [0.4, 0.5) is 0 Å². The summed E-state index contributed by atoms with van der Waals surface area (Å²) in [6.07, 6.45) is 3.63. The van der Waals surface area contributed by atoms with Gasteiger partial charge in [0.1, 0.15) is 0 Å². The van der Waals surface area contributed by atoms with Crippen LogP contribution in [0.25, 0.3) is 0 Å². The van der Waals surface area contributed by atoms with Gasteiger partial charge in [-0.1, -0.05) is 42.6 Å². The van der Waals surface area contributed by atoms with Crippen LogP contribution in [0.3, 0.4) is 0 Å². The number of hydrazine groups is 1. The average molecular weight is 331 g/mol. The monoisotopic (exact) mass is 330 g/mol. The molecule has 1 rings (SSSR count). The summed E-state index contributed by atoms with van der Waals surface area (Å²) in [7, 11) is 0. The molecule has 0 amide bonds. The standard InChI is InChI=1S/C14H23BrN2S/c1-3-11(4-2)9-13(17-16)10-18-14-7-5-12(15)6-8-14/h5-8,11,13,17H,3-4,9-10,16H2,1-2H3. The summed E-state index contributed by atoms with van der Waals surface area (Å²) in [4.78, 5) is 1.29. The zero-order valence-corrected chi connectivity index (χ0v) is 13.6. The molecule has 0 aliphatic heterocycles. The van der Waals surface area contributed by atoms with Crippen LogP contribution >= 0.6 is 27.7 Å². The van der Waals surface area contributed by atoms with E-state index in [1.54, 1.807) is 0 Å². The van der Waals surface area contributed by atoms with Crippen molar-refractivity contribution in [2.24, 2.45) is 11.8 Å². The highest BCUT2D eigenvalue weighted by molar-refractivity contribution is 9.10. The maximum atomic E-state index is 5.65. The van der Waals surface area contributed by atoms with Crippen LogP contribution in [-0.2, 0) is 0 Å². The number of benzene rings is 1. The number of thioether (sulfide) groups is 1. The zero-order valence-electron chi connectivity index (χ0n) is 11.2. The van der Waals surface area contributed by atoms with Crippen LogP contribution < -0.4 is 11.3 Å². The molecule has 2 nitrogen and oxygen atoms in total. The first-order valence-electron chi connectivity index (χ1n) is 6.54. The van der Waals surface area contributed by atoms with Gasteiger partial charge in [-0.25, -0.2) is 0 Å². The third-order valence-electron chi connectivity index (χ3n) is 3.27. The minimum absolute atomic E-state index is 0.392. The average Bonchev–Trinajstić information content (AvgIpc) is 2.41. The molecule has 1 aromatic carbocycles. The lowest BCUT2D eigenvalue weighted by Gasteiger charge is -2.20. The Morgan fingerprint density at radius 2 is 1.83 bits per heavy atom. The maximum absolute atomic E-state index is 5.65. The van der Waals surface area contributed by atoms with Crippen molar-refractivity contribution in [1.82, 2.24) is 5.43 Å². The fraction of sp³-hybridized carbons (Fsp3) is 0.571. The zero-order chi connectivity index (χ0) is 13.4. The van der Waals surface area contributed by atoms with Gasteiger partial charge < -0.3 is 0 Å². The van der Waals surface area contributed by atoms with Crippen LogP contribution in [0.15, 0.2) is 33.6 Å². The molecule has 0 aliphatic rings. The van der Waals surface area contributed by atoms with Crippen LogP contribution in [0, 0.1) is 5.92 Å². The van der Waals surface area contributed by atoms with Gasteiger partial charge in [0.25, 0.3) is 0 Å². The number of nitrogens with two attached hydrogens (primary N) is 1. The molecule has 4 heteroatoms. The lowest BCUT2D eigenvalue weighted by Crippen LogP contribution is -2.38. The third-order valence-corrected chi connectivity index (χ3v) is 4.98. The summed E-state index contributed by atoms with van der Waals surface area (Å²) in [5, 5.41) is 0. The van der Waals surface area contributed by atoms with E-state index in [1.165, 1.54) is 17.7 Å². The van der Waals surface area contributed by atoms with E-state index in [0.717, 1.165) is 22.6 Å². The Hall–Kier alpha value is -0.0300. The molecule has 3 N–H and O–H groups in total. The van der Waals surface area contributed by atoms with Crippen molar-refractivity contribution in [3.8, 4) is 0 Å². The predicted octanol–water partition coefficient (Wildman–Crippen LogP) is 4.20. The highest BCUT2D eigenvalue weighted by atomic mass is 79.9. The molecular weight excluding hydrogens is 308 g/mol. The van der Waals surface area contributed by atoms with E-state index in [-0.39, 0.29) is 0 Å². The second-order valence-corrected chi connectivity index (χ2v) is 6.56. The van der Waals surface area contributed by atoms with Crippen LogP contribution in [-0.4, -0.2) is 11.8 Å². The molecule has 18 heavy (non-hydrogen) atoms. The fourth-order valence-electron chi connectivity index (χ4n) is 1.94. The summed E-state index contributed by atoms with van der Waals surface area (Å²) >= 11 is 5.31. The van der Waals surface area contributed by atoms with Gasteiger partial charge in [-0.05, 0) is 36.6 Å². The molecule has 0 bridgehead atoms. The smallest absolute Gasteiger partial charge is 0.0307 e. The molecule has 0 fully saturated rings. The summed E-state index contributed by atoms with van der Waals surface area (Å²) in [6, 6.07) is 8.82. The minimum Gasteiger partial charge on any atom is -0.271 e. The largest absolute Gasteiger partial charge is 0.271 e. The Balaban J connectivity index is 2.41. The van der Waals surface area contributed by atoms with Crippen LogP contribution in [0.5, 0.6) is 0 Å². The highest BCUT2D eigenvalue weighted by Gasteiger charge is 2.13. The Morgan fingerprint density at radius 1 is 1.22 bits per heavy atom. The maximum Gasteiger partial charge on any atom is 0.0307 e. The van der Waals surface area contributed by atoms with Crippen molar-refractivity contribution in [2.75, 3.05) is 5.75 Å². The van der Waals surface area contributed by atoms with Crippen LogP contribution in [0.2, 0.25) is 0 Å².